The van der Waals surface area contributed by atoms with E-state index in [1.807, 2.05) is 12.1 Å². The Bertz CT molecular complexity index is 1270. The third-order valence-corrected chi connectivity index (χ3v) is 8.54. The summed E-state index contributed by atoms with van der Waals surface area (Å²) in [4.78, 5) is 38.1. The number of sulfonamides is 1. The average molecular weight is 530 g/mol. The zero-order valence-electron chi connectivity index (χ0n) is 21.0. The molecule has 2 aliphatic rings. The lowest BCUT2D eigenvalue weighted by molar-refractivity contribution is -0.121. The number of ether oxygens (including phenoxy) is 2. The first-order valence-corrected chi connectivity index (χ1v) is 13.8. The number of hydrogen-bond acceptors (Lipinski definition) is 7. The number of fused-ring (bicyclic) bond motifs is 2. The van der Waals surface area contributed by atoms with E-state index in [0.717, 1.165) is 16.0 Å². The van der Waals surface area contributed by atoms with Crippen molar-refractivity contribution in [3.8, 4) is 11.5 Å². The lowest BCUT2D eigenvalue weighted by atomic mass is 10.0. The molecular weight excluding hydrogens is 498 g/mol. The summed E-state index contributed by atoms with van der Waals surface area (Å²) in [6.45, 7) is 1.03. The minimum Gasteiger partial charge on any atom is -0.493 e. The first kappa shape index (κ1) is 26.6. The monoisotopic (exact) mass is 529 g/mol. The van der Waals surface area contributed by atoms with E-state index in [9.17, 15) is 22.8 Å². The second-order valence-corrected chi connectivity index (χ2v) is 11.1. The smallest absolute Gasteiger partial charge is 0.261 e. The molecule has 198 valence electrons. The number of imide groups is 1. The molecule has 2 heterocycles. The number of hydrogen-bond donors (Lipinski definition) is 1. The van der Waals surface area contributed by atoms with Crippen LogP contribution in [0.5, 0.6) is 11.5 Å². The molecule has 0 radical (unpaired) electrons. The minimum atomic E-state index is -3.50. The standard InChI is InChI=1S/C26H31N3O7S/c1-35-22-15-18-10-13-28(17-19(18)16-23(22)36-2)37(33,34)14-6-11-27-24(30)9-5-12-29-25(31)20-7-3-4-8-21(20)26(29)32/h3-4,7-8,15-16H,5-6,9-14,17H2,1-2H3,(H,27,30). The van der Waals surface area contributed by atoms with E-state index in [-0.39, 0.29) is 56.0 Å². The molecule has 0 aromatic heterocycles. The van der Waals surface area contributed by atoms with E-state index in [2.05, 4.69) is 5.32 Å². The number of amides is 3. The van der Waals surface area contributed by atoms with Gasteiger partial charge in [-0.15, -0.1) is 0 Å². The van der Waals surface area contributed by atoms with Crippen molar-refractivity contribution in [2.24, 2.45) is 0 Å². The molecule has 2 aliphatic heterocycles. The highest BCUT2D eigenvalue weighted by atomic mass is 32.2. The minimum absolute atomic E-state index is 0.0784. The zero-order chi connectivity index (χ0) is 26.6. The molecule has 3 amide bonds. The highest BCUT2D eigenvalue weighted by Crippen LogP contribution is 2.34. The molecule has 0 atom stereocenters. The van der Waals surface area contributed by atoms with E-state index < -0.39 is 10.0 Å². The van der Waals surface area contributed by atoms with E-state index in [1.165, 1.54) is 4.31 Å². The maximum absolute atomic E-state index is 12.9. The molecule has 37 heavy (non-hydrogen) atoms. The number of carbonyl (C=O) groups is 3. The zero-order valence-corrected chi connectivity index (χ0v) is 21.8. The Kier molecular flexibility index (Phi) is 8.13. The van der Waals surface area contributed by atoms with Crippen LogP contribution in [0.2, 0.25) is 0 Å². The van der Waals surface area contributed by atoms with E-state index in [0.29, 0.717) is 42.0 Å². The van der Waals surface area contributed by atoms with E-state index in [1.54, 1.807) is 38.5 Å². The van der Waals surface area contributed by atoms with Crippen LogP contribution in [-0.4, -0.2) is 75.0 Å². The third-order valence-electron chi connectivity index (χ3n) is 6.64. The van der Waals surface area contributed by atoms with E-state index >= 15 is 0 Å². The molecule has 10 nitrogen and oxygen atoms in total. The maximum atomic E-state index is 12.9. The van der Waals surface area contributed by atoms with Crippen molar-refractivity contribution in [3.63, 3.8) is 0 Å². The van der Waals surface area contributed by atoms with Crippen LogP contribution in [0.15, 0.2) is 36.4 Å². The molecule has 0 saturated carbocycles. The van der Waals surface area contributed by atoms with Crippen LogP contribution in [0.25, 0.3) is 0 Å². The molecule has 0 saturated heterocycles. The van der Waals surface area contributed by atoms with Gasteiger partial charge in [0.25, 0.3) is 11.8 Å². The van der Waals surface area contributed by atoms with Gasteiger partial charge in [0.15, 0.2) is 11.5 Å². The second kappa shape index (κ2) is 11.3. The van der Waals surface area contributed by atoms with Crippen molar-refractivity contribution in [3.05, 3.63) is 58.7 Å². The Labute approximate surface area is 216 Å². The van der Waals surface area contributed by atoms with Gasteiger partial charge in [0.05, 0.1) is 31.1 Å². The number of carbonyl (C=O) groups excluding carboxylic acids is 3. The second-order valence-electron chi connectivity index (χ2n) is 8.99. The summed E-state index contributed by atoms with van der Waals surface area (Å²) >= 11 is 0. The summed E-state index contributed by atoms with van der Waals surface area (Å²) in [5.41, 5.74) is 2.69. The fraction of sp³-hybridized carbons (Fsp3) is 0.423. The maximum Gasteiger partial charge on any atom is 0.261 e. The first-order chi connectivity index (χ1) is 17.7. The molecule has 2 aromatic rings. The lowest BCUT2D eigenvalue weighted by Gasteiger charge is -2.29. The van der Waals surface area contributed by atoms with Crippen molar-refractivity contribution in [2.45, 2.75) is 32.2 Å². The normalized spacial score (nSPS) is 15.4. The number of benzene rings is 2. The van der Waals surface area contributed by atoms with Crippen LogP contribution in [0.4, 0.5) is 0 Å². The van der Waals surface area contributed by atoms with Gasteiger partial charge in [-0.05, 0) is 54.7 Å². The molecule has 0 spiro atoms. The fourth-order valence-electron chi connectivity index (χ4n) is 4.63. The van der Waals surface area contributed by atoms with Gasteiger partial charge in [-0.2, -0.15) is 4.31 Å². The Hall–Kier alpha value is -3.44. The molecular formula is C26H31N3O7S. The van der Waals surface area contributed by atoms with Crippen LogP contribution in [-0.2, 0) is 27.8 Å². The van der Waals surface area contributed by atoms with Crippen LogP contribution < -0.4 is 14.8 Å². The molecule has 11 heteroatoms. The summed E-state index contributed by atoms with van der Waals surface area (Å²) in [5, 5.41) is 2.73. The largest absolute Gasteiger partial charge is 0.493 e. The number of nitrogens with zero attached hydrogens (tertiary/aromatic N) is 2. The van der Waals surface area contributed by atoms with Crippen molar-refractivity contribution in [2.75, 3.05) is 39.6 Å². The van der Waals surface area contributed by atoms with Gasteiger partial charge in [-0.1, -0.05) is 12.1 Å². The van der Waals surface area contributed by atoms with Gasteiger partial charge >= 0.3 is 0 Å². The number of methoxy groups -OCH3 is 2. The van der Waals surface area contributed by atoms with Crippen LogP contribution in [0, 0.1) is 0 Å². The third kappa shape index (κ3) is 5.78. The predicted molar refractivity (Wildman–Crippen MR) is 136 cm³/mol. The van der Waals surface area contributed by atoms with Crippen LogP contribution in [0.1, 0.15) is 51.1 Å². The molecule has 0 aliphatic carbocycles. The molecule has 1 N–H and O–H groups in total. The van der Waals surface area contributed by atoms with Gasteiger partial charge in [-0.25, -0.2) is 8.42 Å². The highest BCUT2D eigenvalue weighted by molar-refractivity contribution is 7.89. The lowest BCUT2D eigenvalue weighted by Crippen LogP contribution is -2.38. The SMILES string of the molecule is COc1cc2c(cc1OC)CN(S(=O)(=O)CCCNC(=O)CCCN1C(=O)c3ccccc3C1=O)CC2. The molecule has 0 unspecified atom stereocenters. The summed E-state index contributed by atoms with van der Waals surface area (Å²) in [7, 11) is -0.389. The number of nitrogens with one attached hydrogen (secondary N) is 1. The summed E-state index contributed by atoms with van der Waals surface area (Å²) in [6, 6.07) is 10.4. The highest BCUT2D eigenvalue weighted by Gasteiger charge is 2.34. The molecule has 4 rings (SSSR count). The Morgan fingerprint density at radius 1 is 0.973 bits per heavy atom. The van der Waals surface area contributed by atoms with Gasteiger partial charge in [-0.3, -0.25) is 19.3 Å². The fourth-order valence-corrected chi connectivity index (χ4v) is 6.11. The van der Waals surface area contributed by atoms with Crippen molar-refractivity contribution < 1.29 is 32.3 Å². The van der Waals surface area contributed by atoms with Crippen molar-refractivity contribution in [1.29, 1.82) is 0 Å². The van der Waals surface area contributed by atoms with Gasteiger partial charge in [0, 0.05) is 32.6 Å². The summed E-state index contributed by atoms with van der Waals surface area (Å²) in [6.07, 6.45) is 1.33. The Balaban J connectivity index is 1.19. The Morgan fingerprint density at radius 3 is 2.22 bits per heavy atom. The van der Waals surface area contributed by atoms with Crippen molar-refractivity contribution >= 4 is 27.7 Å². The van der Waals surface area contributed by atoms with Gasteiger partial charge in [0.1, 0.15) is 0 Å². The van der Waals surface area contributed by atoms with Crippen molar-refractivity contribution in [1.82, 2.24) is 14.5 Å². The molecule has 2 aromatic carbocycles. The van der Waals surface area contributed by atoms with Crippen LogP contribution in [0.3, 0.4) is 0 Å². The topological polar surface area (TPSA) is 122 Å². The average Bonchev–Trinajstić information content (AvgIpc) is 3.14. The molecule has 0 bridgehead atoms. The first-order valence-electron chi connectivity index (χ1n) is 12.2. The Morgan fingerprint density at radius 2 is 1.59 bits per heavy atom. The predicted octanol–water partition coefficient (Wildman–Crippen LogP) is 1.97. The summed E-state index contributed by atoms with van der Waals surface area (Å²) in [5.74, 6) is 0.170. The van der Waals surface area contributed by atoms with E-state index in [4.69, 9.17) is 9.47 Å². The van der Waals surface area contributed by atoms with Crippen LogP contribution >= 0.6 is 0 Å². The molecule has 0 fully saturated rings. The summed E-state index contributed by atoms with van der Waals surface area (Å²) < 4.78 is 37.9. The van der Waals surface area contributed by atoms with Gasteiger partial charge < -0.3 is 14.8 Å². The quantitative estimate of drug-likeness (QED) is 0.349. The number of rotatable bonds is 11. The van der Waals surface area contributed by atoms with Gasteiger partial charge in [0.2, 0.25) is 15.9 Å².